The van der Waals surface area contributed by atoms with Crippen LogP contribution in [0.5, 0.6) is 0 Å². The van der Waals surface area contributed by atoms with Gasteiger partial charge in [0.05, 0.1) is 6.04 Å². The number of thiophene rings is 1. The Morgan fingerprint density at radius 2 is 2.04 bits per heavy atom. The van der Waals surface area contributed by atoms with Crippen molar-refractivity contribution < 1.29 is 9.32 Å². The molecule has 3 aromatic rings. The first-order chi connectivity index (χ1) is 11.7. The van der Waals surface area contributed by atoms with Gasteiger partial charge in [-0.2, -0.15) is 11.3 Å². The number of amides is 1. The molecule has 0 bridgehead atoms. The van der Waals surface area contributed by atoms with Crippen LogP contribution in [-0.4, -0.2) is 11.1 Å². The number of rotatable bonds is 5. The van der Waals surface area contributed by atoms with Gasteiger partial charge in [0.25, 0.3) is 5.91 Å². The predicted molar refractivity (Wildman–Crippen MR) is 93.6 cm³/mol. The minimum atomic E-state index is -0.248. The maximum Gasteiger partial charge on any atom is 0.274 e. The number of hydrogen-bond acceptors (Lipinski definition) is 4. The Labute approximate surface area is 148 Å². The third kappa shape index (κ3) is 3.23. The van der Waals surface area contributed by atoms with Gasteiger partial charge in [0.2, 0.25) is 0 Å². The number of carbonyl (C=O) groups is 1. The molecule has 1 atom stereocenters. The van der Waals surface area contributed by atoms with Crippen molar-refractivity contribution in [1.82, 2.24) is 10.5 Å². The molecule has 1 amide bonds. The van der Waals surface area contributed by atoms with E-state index in [1.807, 2.05) is 41.1 Å². The fourth-order valence-electron chi connectivity index (χ4n) is 2.62. The van der Waals surface area contributed by atoms with E-state index in [9.17, 15) is 4.79 Å². The summed E-state index contributed by atoms with van der Waals surface area (Å²) in [7, 11) is 0. The molecule has 1 aliphatic rings. The molecule has 4 rings (SSSR count). The van der Waals surface area contributed by atoms with Crippen LogP contribution >= 0.6 is 22.9 Å². The maximum atomic E-state index is 12.6. The van der Waals surface area contributed by atoms with Gasteiger partial charge in [0, 0.05) is 17.0 Å². The number of nitrogens with one attached hydrogen (secondary N) is 1. The van der Waals surface area contributed by atoms with Crippen molar-refractivity contribution in [2.75, 3.05) is 0 Å². The van der Waals surface area contributed by atoms with E-state index in [1.165, 1.54) is 0 Å². The molecule has 0 radical (unpaired) electrons. The van der Waals surface area contributed by atoms with E-state index in [0.717, 1.165) is 29.7 Å². The molecule has 2 aromatic heterocycles. The lowest BCUT2D eigenvalue weighted by Crippen LogP contribution is -2.29. The number of benzene rings is 1. The smallest absolute Gasteiger partial charge is 0.274 e. The quantitative estimate of drug-likeness (QED) is 0.713. The molecule has 0 spiro atoms. The first-order valence-electron chi connectivity index (χ1n) is 7.76. The van der Waals surface area contributed by atoms with Crippen LogP contribution in [0.25, 0.3) is 0 Å². The summed E-state index contributed by atoms with van der Waals surface area (Å²) < 4.78 is 5.28. The number of carbonyl (C=O) groups excluding carboxylic acids is 1. The Balaban J connectivity index is 1.58. The highest BCUT2D eigenvalue weighted by atomic mass is 35.5. The van der Waals surface area contributed by atoms with Crippen LogP contribution in [0.4, 0.5) is 0 Å². The van der Waals surface area contributed by atoms with Crippen molar-refractivity contribution in [3.8, 4) is 0 Å². The van der Waals surface area contributed by atoms with Gasteiger partial charge in [-0.05, 0) is 52.9 Å². The van der Waals surface area contributed by atoms with E-state index in [0.29, 0.717) is 16.6 Å². The molecule has 1 unspecified atom stereocenters. The van der Waals surface area contributed by atoms with Crippen LogP contribution in [0.1, 0.15) is 52.2 Å². The molecule has 0 aliphatic heterocycles. The Morgan fingerprint density at radius 1 is 1.25 bits per heavy atom. The SMILES string of the molecule is O=C(NC(c1ccc(Cl)cc1)c1ccsc1)c1cc(C2CC2)on1. The van der Waals surface area contributed by atoms with Crippen LogP contribution in [0.2, 0.25) is 5.02 Å². The van der Waals surface area contributed by atoms with E-state index < -0.39 is 0 Å². The van der Waals surface area contributed by atoms with Crippen LogP contribution in [0.15, 0.2) is 51.7 Å². The van der Waals surface area contributed by atoms with E-state index >= 15 is 0 Å². The molecule has 6 heteroatoms. The zero-order chi connectivity index (χ0) is 16.5. The molecule has 1 aromatic carbocycles. The van der Waals surface area contributed by atoms with E-state index in [2.05, 4.69) is 10.5 Å². The first-order valence-corrected chi connectivity index (χ1v) is 9.08. The Morgan fingerprint density at radius 3 is 2.71 bits per heavy atom. The van der Waals surface area contributed by atoms with Crippen molar-refractivity contribution in [2.24, 2.45) is 0 Å². The lowest BCUT2D eigenvalue weighted by molar-refractivity contribution is 0.0934. The molecule has 2 heterocycles. The van der Waals surface area contributed by atoms with Gasteiger partial charge in [-0.25, -0.2) is 0 Å². The van der Waals surface area contributed by atoms with Crippen molar-refractivity contribution in [2.45, 2.75) is 24.8 Å². The van der Waals surface area contributed by atoms with E-state index in [1.54, 1.807) is 17.4 Å². The predicted octanol–water partition coefficient (Wildman–Crippen LogP) is 4.79. The van der Waals surface area contributed by atoms with Gasteiger partial charge in [-0.1, -0.05) is 28.9 Å². The van der Waals surface area contributed by atoms with E-state index in [4.69, 9.17) is 16.1 Å². The molecule has 122 valence electrons. The van der Waals surface area contributed by atoms with Gasteiger partial charge in [-0.15, -0.1) is 0 Å². The van der Waals surface area contributed by atoms with Gasteiger partial charge < -0.3 is 9.84 Å². The number of halogens is 1. The number of hydrogen-bond donors (Lipinski definition) is 1. The molecular weight excluding hydrogens is 344 g/mol. The highest BCUT2D eigenvalue weighted by molar-refractivity contribution is 7.08. The average Bonchev–Trinajstić information content (AvgIpc) is 3.11. The molecule has 1 aliphatic carbocycles. The summed E-state index contributed by atoms with van der Waals surface area (Å²) in [4.78, 5) is 12.6. The zero-order valence-corrected chi connectivity index (χ0v) is 14.3. The van der Waals surface area contributed by atoms with Gasteiger partial charge >= 0.3 is 0 Å². The third-order valence-corrected chi connectivity index (χ3v) is 5.05. The topological polar surface area (TPSA) is 55.1 Å². The third-order valence-electron chi connectivity index (χ3n) is 4.10. The highest BCUT2D eigenvalue weighted by Crippen LogP contribution is 2.40. The Bertz CT molecular complexity index is 838. The Kier molecular flexibility index (Phi) is 4.12. The van der Waals surface area contributed by atoms with Gasteiger partial charge in [0.15, 0.2) is 5.69 Å². The minimum absolute atomic E-state index is 0.239. The van der Waals surface area contributed by atoms with Crippen molar-refractivity contribution in [3.05, 3.63) is 74.8 Å². The second-order valence-electron chi connectivity index (χ2n) is 5.90. The maximum absolute atomic E-state index is 12.6. The second kappa shape index (κ2) is 6.42. The summed E-state index contributed by atoms with van der Waals surface area (Å²) in [6.45, 7) is 0. The minimum Gasteiger partial charge on any atom is -0.360 e. The van der Waals surface area contributed by atoms with Gasteiger partial charge in [0.1, 0.15) is 5.76 Å². The molecule has 0 saturated heterocycles. The lowest BCUT2D eigenvalue weighted by atomic mass is 10.0. The van der Waals surface area contributed by atoms with Crippen molar-refractivity contribution in [3.63, 3.8) is 0 Å². The largest absolute Gasteiger partial charge is 0.360 e. The van der Waals surface area contributed by atoms with Crippen LogP contribution in [0.3, 0.4) is 0 Å². The summed E-state index contributed by atoms with van der Waals surface area (Å²) in [5, 5.41) is 11.6. The molecule has 1 saturated carbocycles. The molecule has 1 fully saturated rings. The average molecular weight is 359 g/mol. The summed E-state index contributed by atoms with van der Waals surface area (Å²) in [6.07, 6.45) is 2.22. The molecule has 4 nitrogen and oxygen atoms in total. The van der Waals surface area contributed by atoms with Gasteiger partial charge in [-0.3, -0.25) is 4.79 Å². The first kappa shape index (κ1) is 15.4. The molecule has 24 heavy (non-hydrogen) atoms. The van der Waals surface area contributed by atoms with Crippen molar-refractivity contribution >= 4 is 28.8 Å². The second-order valence-corrected chi connectivity index (χ2v) is 7.12. The van der Waals surface area contributed by atoms with Crippen LogP contribution in [-0.2, 0) is 0 Å². The standard InChI is InChI=1S/C18H15ClN2O2S/c19-14-5-3-12(4-6-14)17(13-7-8-24-10-13)20-18(22)15-9-16(23-21-15)11-1-2-11/h3-11,17H,1-2H2,(H,20,22). The van der Waals surface area contributed by atoms with Crippen LogP contribution in [0, 0.1) is 0 Å². The molecule has 1 N–H and O–H groups in total. The van der Waals surface area contributed by atoms with Crippen molar-refractivity contribution in [1.29, 1.82) is 0 Å². The summed E-state index contributed by atoms with van der Waals surface area (Å²) in [5.74, 6) is 0.999. The number of nitrogens with zero attached hydrogens (tertiary/aromatic N) is 1. The fourth-order valence-corrected chi connectivity index (χ4v) is 3.43. The fraction of sp³-hybridized carbons (Fsp3) is 0.222. The van der Waals surface area contributed by atoms with E-state index in [-0.39, 0.29) is 11.9 Å². The monoisotopic (exact) mass is 358 g/mol. The number of aromatic nitrogens is 1. The summed E-state index contributed by atoms with van der Waals surface area (Å²) in [6, 6.07) is 11.0. The summed E-state index contributed by atoms with van der Waals surface area (Å²) >= 11 is 7.57. The zero-order valence-electron chi connectivity index (χ0n) is 12.7. The highest BCUT2D eigenvalue weighted by Gasteiger charge is 2.29. The van der Waals surface area contributed by atoms with Crippen LogP contribution < -0.4 is 5.32 Å². The summed E-state index contributed by atoms with van der Waals surface area (Å²) in [5.41, 5.74) is 2.32. The lowest BCUT2D eigenvalue weighted by Gasteiger charge is -2.18. The Hall–Kier alpha value is -2.11. The normalized spacial score (nSPS) is 15.2. The molecular formula is C18H15ClN2O2S.